The van der Waals surface area contributed by atoms with E-state index in [1.165, 1.54) is 11.1 Å². The van der Waals surface area contributed by atoms with Crippen LogP contribution in [0.5, 0.6) is 5.75 Å². The third-order valence-electron chi connectivity index (χ3n) is 6.22. The number of amides is 1. The maximum Gasteiger partial charge on any atom is 0.219 e. The van der Waals surface area contributed by atoms with Gasteiger partial charge in [-0.05, 0) is 68.2 Å². The number of rotatable bonds is 8. The monoisotopic (exact) mass is 409 g/mol. The van der Waals surface area contributed by atoms with Crippen molar-refractivity contribution in [3.8, 4) is 5.75 Å². The van der Waals surface area contributed by atoms with Gasteiger partial charge in [-0.2, -0.15) is 0 Å². The van der Waals surface area contributed by atoms with Crippen LogP contribution < -0.4 is 4.74 Å². The van der Waals surface area contributed by atoms with Gasteiger partial charge in [0.15, 0.2) is 0 Å². The van der Waals surface area contributed by atoms with Gasteiger partial charge in [-0.3, -0.25) is 4.79 Å². The maximum absolute atomic E-state index is 12.3. The van der Waals surface area contributed by atoms with Crippen LogP contribution in [-0.2, 0) is 16.1 Å². The number of carbonyl (C=O) groups is 1. The lowest BCUT2D eigenvalue weighted by Gasteiger charge is -2.40. The van der Waals surface area contributed by atoms with Gasteiger partial charge in [-0.15, -0.1) is 0 Å². The first-order valence-electron chi connectivity index (χ1n) is 11.0. The minimum absolute atomic E-state index is 0.0993. The van der Waals surface area contributed by atoms with Gasteiger partial charge in [0.25, 0.3) is 0 Å². The van der Waals surface area contributed by atoms with Crippen LogP contribution in [0.1, 0.15) is 57.1 Å². The Labute approximate surface area is 181 Å². The van der Waals surface area contributed by atoms with E-state index in [-0.39, 0.29) is 11.5 Å². The van der Waals surface area contributed by atoms with Gasteiger partial charge >= 0.3 is 0 Å². The van der Waals surface area contributed by atoms with E-state index in [0.717, 1.165) is 38.2 Å². The van der Waals surface area contributed by atoms with Crippen molar-refractivity contribution in [2.24, 2.45) is 5.92 Å². The molecule has 1 amide bonds. The van der Waals surface area contributed by atoms with Crippen LogP contribution in [-0.4, -0.2) is 36.7 Å². The van der Waals surface area contributed by atoms with Crippen molar-refractivity contribution >= 4 is 5.91 Å². The molecule has 2 atom stereocenters. The molecule has 3 rings (SSSR count). The fourth-order valence-corrected chi connectivity index (χ4v) is 4.59. The predicted octanol–water partition coefficient (Wildman–Crippen LogP) is 5.42. The largest absolute Gasteiger partial charge is 0.497 e. The van der Waals surface area contributed by atoms with Crippen LogP contribution in [0.3, 0.4) is 0 Å². The first kappa shape index (κ1) is 22.4. The summed E-state index contributed by atoms with van der Waals surface area (Å²) in [5, 5.41) is 0. The Kier molecular flexibility index (Phi) is 7.54. The molecule has 1 fully saturated rings. The van der Waals surface area contributed by atoms with E-state index < -0.39 is 0 Å². The molecule has 0 bridgehead atoms. The van der Waals surface area contributed by atoms with Gasteiger partial charge in [0.2, 0.25) is 5.91 Å². The lowest BCUT2D eigenvalue weighted by molar-refractivity contribution is -0.129. The highest BCUT2D eigenvalue weighted by molar-refractivity contribution is 5.73. The quantitative estimate of drug-likeness (QED) is 0.584. The summed E-state index contributed by atoms with van der Waals surface area (Å²) in [6, 6.07) is 18.7. The Bertz CT molecular complexity index is 801. The molecular weight excluding hydrogens is 374 g/mol. The fourth-order valence-electron chi connectivity index (χ4n) is 4.59. The molecule has 1 saturated heterocycles. The van der Waals surface area contributed by atoms with E-state index >= 15 is 0 Å². The zero-order chi connectivity index (χ0) is 21.6. The van der Waals surface area contributed by atoms with E-state index in [0.29, 0.717) is 18.4 Å². The molecule has 1 aliphatic rings. The molecule has 4 nitrogen and oxygen atoms in total. The van der Waals surface area contributed by atoms with Crippen molar-refractivity contribution < 1.29 is 14.3 Å². The van der Waals surface area contributed by atoms with Crippen LogP contribution in [0.25, 0.3) is 0 Å². The Morgan fingerprint density at radius 3 is 2.47 bits per heavy atom. The second-order valence-electron chi connectivity index (χ2n) is 8.96. The molecule has 2 aromatic carbocycles. The molecule has 30 heavy (non-hydrogen) atoms. The predicted molar refractivity (Wildman–Crippen MR) is 121 cm³/mol. The van der Waals surface area contributed by atoms with Crippen molar-refractivity contribution in [1.82, 2.24) is 4.90 Å². The van der Waals surface area contributed by atoms with Crippen LogP contribution in [0.15, 0.2) is 54.6 Å². The summed E-state index contributed by atoms with van der Waals surface area (Å²) in [6.07, 6.45) is 3.03. The summed E-state index contributed by atoms with van der Waals surface area (Å²) in [7, 11) is 1.70. The summed E-state index contributed by atoms with van der Waals surface area (Å²) in [6.45, 7) is 8.24. The number of hydrogen-bond acceptors (Lipinski definition) is 3. The molecule has 4 heteroatoms. The van der Waals surface area contributed by atoms with Crippen LogP contribution >= 0.6 is 0 Å². The number of nitrogens with zero attached hydrogens (tertiary/aromatic N) is 1. The molecule has 0 spiro atoms. The summed E-state index contributed by atoms with van der Waals surface area (Å²) in [5.74, 6) is 1.92. The zero-order valence-electron chi connectivity index (χ0n) is 18.8. The van der Waals surface area contributed by atoms with Crippen molar-refractivity contribution in [3.05, 3.63) is 65.7 Å². The van der Waals surface area contributed by atoms with E-state index in [9.17, 15) is 4.79 Å². The highest BCUT2D eigenvalue weighted by Gasteiger charge is 2.34. The normalized spacial score (nSPS) is 19.1. The zero-order valence-corrected chi connectivity index (χ0v) is 18.8. The molecular formula is C26H35NO3. The number of methoxy groups -OCH3 is 1. The molecule has 0 unspecified atom stereocenters. The molecule has 0 aromatic heterocycles. The van der Waals surface area contributed by atoms with E-state index in [1.54, 1.807) is 14.0 Å². The topological polar surface area (TPSA) is 38.8 Å². The Morgan fingerprint density at radius 1 is 1.17 bits per heavy atom. The molecule has 2 aromatic rings. The SMILES string of the molecule is COc1ccc([C@H](CCN(Cc2ccccc2)C(C)=O)[C@H]2CCOC(C)(C)C2)cc1. The number of hydrogen-bond donors (Lipinski definition) is 0. The third-order valence-corrected chi connectivity index (χ3v) is 6.22. The second-order valence-corrected chi connectivity index (χ2v) is 8.96. The lowest BCUT2D eigenvalue weighted by atomic mass is 9.75. The van der Waals surface area contributed by atoms with Gasteiger partial charge in [0, 0.05) is 26.6 Å². The standard InChI is InChI=1S/C26H35NO3/c1-20(28)27(19-21-8-6-5-7-9-21)16-14-25(22-10-12-24(29-4)13-11-22)23-15-17-30-26(2,3)18-23/h5-13,23,25H,14-19H2,1-4H3/t23-,25-/m0/s1. The lowest BCUT2D eigenvalue weighted by Crippen LogP contribution is -2.37. The second kappa shape index (κ2) is 10.1. The Hall–Kier alpha value is -2.33. The van der Waals surface area contributed by atoms with Crippen molar-refractivity contribution in [1.29, 1.82) is 0 Å². The summed E-state index contributed by atoms with van der Waals surface area (Å²) in [4.78, 5) is 14.3. The highest BCUT2D eigenvalue weighted by atomic mass is 16.5. The molecule has 1 aliphatic heterocycles. The number of ether oxygens (including phenoxy) is 2. The minimum Gasteiger partial charge on any atom is -0.497 e. The van der Waals surface area contributed by atoms with E-state index in [2.05, 4.69) is 38.1 Å². The van der Waals surface area contributed by atoms with Crippen LogP contribution in [0.4, 0.5) is 0 Å². The average Bonchev–Trinajstić information content (AvgIpc) is 2.73. The smallest absolute Gasteiger partial charge is 0.219 e. The Morgan fingerprint density at radius 2 is 1.87 bits per heavy atom. The fraction of sp³-hybridized carbons (Fsp3) is 0.500. The summed E-state index contributed by atoms with van der Waals surface area (Å²) in [5.41, 5.74) is 2.39. The van der Waals surface area contributed by atoms with Crippen molar-refractivity contribution in [2.75, 3.05) is 20.3 Å². The summed E-state index contributed by atoms with van der Waals surface area (Å²) < 4.78 is 11.3. The highest BCUT2D eigenvalue weighted by Crippen LogP contribution is 2.40. The van der Waals surface area contributed by atoms with E-state index in [4.69, 9.17) is 9.47 Å². The maximum atomic E-state index is 12.3. The van der Waals surface area contributed by atoms with E-state index in [1.807, 2.05) is 35.2 Å². The van der Waals surface area contributed by atoms with Crippen molar-refractivity contribution in [2.45, 2.75) is 58.1 Å². The van der Waals surface area contributed by atoms with Gasteiger partial charge in [-0.25, -0.2) is 0 Å². The first-order valence-corrected chi connectivity index (χ1v) is 11.0. The van der Waals surface area contributed by atoms with Crippen LogP contribution in [0, 0.1) is 5.92 Å². The average molecular weight is 410 g/mol. The van der Waals surface area contributed by atoms with Gasteiger partial charge < -0.3 is 14.4 Å². The molecule has 0 N–H and O–H groups in total. The molecule has 1 heterocycles. The van der Waals surface area contributed by atoms with Gasteiger partial charge in [0.05, 0.1) is 12.7 Å². The first-order chi connectivity index (χ1) is 14.4. The molecule has 162 valence electrons. The van der Waals surface area contributed by atoms with Crippen molar-refractivity contribution in [3.63, 3.8) is 0 Å². The van der Waals surface area contributed by atoms with Gasteiger partial charge in [-0.1, -0.05) is 42.5 Å². The minimum atomic E-state index is -0.0993. The molecule has 0 saturated carbocycles. The molecule has 0 radical (unpaired) electrons. The Balaban J connectivity index is 1.77. The summed E-state index contributed by atoms with van der Waals surface area (Å²) >= 11 is 0. The third kappa shape index (κ3) is 6.09. The van der Waals surface area contributed by atoms with Gasteiger partial charge in [0.1, 0.15) is 5.75 Å². The molecule has 0 aliphatic carbocycles. The van der Waals surface area contributed by atoms with Crippen LogP contribution in [0.2, 0.25) is 0 Å². The number of benzene rings is 2. The number of carbonyl (C=O) groups excluding carboxylic acids is 1.